The van der Waals surface area contributed by atoms with Gasteiger partial charge in [0.15, 0.2) is 0 Å². The SMILES string of the molecule is NCC#Cc1ccc(COCc2ccccc2F)s1. The molecule has 1 aromatic carbocycles. The minimum Gasteiger partial charge on any atom is -0.371 e. The van der Waals surface area contributed by atoms with Crippen molar-refractivity contribution in [1.82, 2.24) is 0 Å². The predicted molar refractivity (Wildman–Crippen MR) is 75.1 cm³/mol. The Morgan fingerprint density at radius 2 is 2.00 bits per heavy atom. The molecule has 0 saturated carbocycles. The number of ether oxygens (including phenoxy) is 1. The topological polar surface area (TPSA) is 35.2 Å². The van der Waals surface area contributed by atoms with Gasteiger partial charge in [0.1, 0.15) is 5.82 Å². The lowest BCUT2D eigenvalue weighted by Gasteiger charge is -2.03. The highest BCUT2D eigenvalue weighted by atomic mass is 32.1. The second kappa shape index (κ2) is 7.05. The lowest BCUT2D eigenvalue weighted by molar-refractivity contribution is 0.107. The number of thiophene rings is 1. The molecule has 0 unspecified atom stereocenters. The number of hydrogen-bond donors (Lipinski definition) is 1. The lowest BCUT2D eigenvalue weighted by atomic mass is 10.2. The molecule has 0 radical (unpaired) electrons. The summed E-state index contributed by atoms with van der Waals surface area (Å²) in [5.74, 6) is 5.54. The fraction of sp³-hybridized carbons (Fsp3) is 0.200. The van der Waals surface area contributed by atoms with Gasteiger partial charge in [0.05, 0.1) is 24.6 Å². The molecule has 1 aromatic heterocycles. The smallest absolute Gasteiger partial charge is 0.128 e. The Labute approximate surface area is 116 Å². The van der Waals surface area contributed by atoms with Crippen LogP contribution in [-0.2, 0) is 18.0 Å². The fourth-order valence-corrected chi connectivity index (χ4v) is 2.36. The van der Waals surface area contributed by atoms with Crippen molar-refractivity contribution >= 4 is 11.3 Å². The molecule has 2 N–H and O–H groups in total. The molecule has 0 bridgehead atoms. The first-order chi connectivity index (χ1) is 9.29. The lowest BCUT2D eigenvalue weighted by Crippen LogP contribution is -1.95. The molecule has 2 aromatic rings. The summed E-state index contributed by atoms with van der Waals surface area (Å²) in [6.07, 6.45) is 0. The first-order valence-electron chi connectivity index (χ1n) is 5.88. The van der Waals surface area contributed by atoms with Crippen LogP contribution in [0.15, 0.2) is 36.4 Å². The van der Waals surface area contributed by atoms with Crippen molar-refractivity contribution in [3.05, 3.63) is 57.5 Å². The summed E-state index contributed by atoms with van der Waals surface area (Å²) in [6.45, 7) is 1.09. The molecule has 2 rings (SSSR count). The van der Waals surface area contributed by atoms with Crippen LogP contribution in [0, 0.1) is 17.7 Å². The molecule has 98 valence electrons. The van der Waals surface area contributed by atoms with Crippen LogP contribution < -0.4 is 5.73 Å². The van der Waals surface area contributed by atoms with Crippen LogP contribution in [-0.4, -0.2) is 6.54 Å². The van der Waals surface area contributed by atoms with E-state index in [1.54, 1.807) is 29.5 Å². The molecule has 19 heavy (non-hydrogen) atoms. The van der Waals surface area contributed by atoms with E-state index >= 15 is 0 Å². The Morgan fingerprint density at radius 1 is 1.16 bits per heavy atom. The highest BCUT2D eigenvalue weighted by Gasteiger charge is 2.02. The molecule has 4 heteroatoms. The van der Waals surface area contributed by atoms with Gasteiger partial charge in [0.2, 0.25) is 0 Å². The summed E-state index contributed by atoms with van der Waals surface area (Å²) in [7, 11) is 0. The predicted octanol–water partition coefficient (Wildman–Crippen LogP) is 2.91. The van der Waals surface area contributed by atoms with Crippen molar-refractivity contribution in [1.29, 1.82) is 0 Å². The molecule has 1 heterocycles. The van der Waals surface area contributed by atoms with Gasteiger partial charge < -0.3 is 10.5 Å². The second-order valence-electron chi connectivity index (χ2n) is 3.86. The molecule has 0 aliphatic rings. The average molecular weight is 275 g/mol. The molecular weight excluding hydrogens is 261 g/mol. The van der Waals surface area contributed by atoms with Gasteiger partial charge in [-0.3, -0.25) is 0 Å². The Hall–Kier alpha value is -1.67. The first-order valence-corrected chi connectivity index (χ1v) is 6.70. The van der Waals surface area contributed by atoms with E-state index in [2.05, 4.69) is 11.8 Å². The van der Waals surface area contributed by atoms with Crippen LogP contribution >= 0.6 is 11.3 Å². The third-order valence-electron chi connectivity index (χ3n) is 2.44. The number of benzene rings is 1. The van der Waals surface area contributed by atoms with Crippen molar-refractivity contribution < 1.29 is 9.13 Å². The van der Waals surface area contributed by atoms with Crippen LogP contribution in [0.2, 0.25) is 0 Å². The molecule has 0 aliphatic carbocycles. The standard InChI is InChI=1S/C15H14FNOS/c16-15-6-2-1-4-12(15)10-18-11-14-8-7-13(19-14)5-3-9-17/h1-2,4,6-8H,9-11,17H2. The van der Waals surface area contributed by atoms with Crippen molar-refractivity contribution in [3.63, 3.8) is 0 Å². The molecule has 0 atom stereocenters. The number of halogens is 1. The Bertz CT molecular complexity index is 597. The third-order valence-corrected chi connectivity index (χ3v) is 3.41. The minimum atomic E-state index is -0.233. The summed E-state index contributed by atoms with van der Waals surface area (Å²) in [6, 6.07) is 10.5. The van der Waals surface area contributed by atoms with Crippen LogP contribution in [0.25, 0.3) is 0 Å². The van der Waals surface area contributed by atoms with E-state index in [9.17, 15) is 4.39 Å². The number of rotatable bonds is 4. The quantitative estimate of drug-likeness (QED) is 0.871. The van der Waals surface area contributed by atoms with Crippen molar-refractivity contribution in [2.45, 2.75) is 13.2 Å². The first kappa shape index (κ1) is 13.8. The van der Waals surface area contributed by atoms with Crippen LogP contribution in [0.1, 0.15) is 15.3 Å². The van der Waals surface area contributed by atoms with Crippen LogP contribution in [0.3, 0.4) is 0 Å². The monoisotopic (exact) mass is 275 g/mol. The minimum absolute atomic E-state index is 0.233. The molecule has 0 spiro atoms. The summed E-state index contributed by atoms with van der Waals surface area (Å²) in [5.41, 5.74) is 5.88. The van der Waals surface area contributed by atoms with Gasteiger partial charge in [-0.15, -0.1) is 11.3 Å². The largest absolute Gasteiger partial charge is 0.371 e. The van der Waals surface area contributed by atoms with E-state index in [-0.39, 0.29) is 12.4 Å². The van der Waals surface area contributed by atoms with E-state index in [0.717, 1.165) is 9.75 Å². The van der Waals surface area contributed by atoms with E-state index in [1.807, 2.05) is 12.1 Å². The second-order valence-corrected chi connectivity index (χ2v) is 5.02. The zero-order valence-corrected chi connectivity index (χ0v) is 11.2. The molecule has 0 amide bonds. The van der Waals surface area contributed by atoms with E-state index in [4.69, 9.17) is 10.5 Å². The third kappa shape index (κ3) is 4.18. The Kier molecular flexibility index (Phi) is 5.10. The van der Waals surface area contributed by atoms with Gasteiger partial charge in [0, 0.05) is 10.4 Å². The zero-order chi connectivity index (χ0) is 13.5. The van der Waals surface area contributed by atoms with Crippen molar-refractivity contribution in [2.24, 2.45) is 5.73 Å². The molecule has 0 saturated heterocycles. The fourth-order valence-electron chi connectivity index (χ4n) is 1.54. The summed E-state index contributed by atoms with van der Waals surface area (Å²) < 4.78 is 18.9. The Balaban J connectivity index is 1.86. The van der Waals surface area contributed by atoms with Crippen molar-refractivity contribution in [3.8, 4) is 11.8 Å². The summed E-state index contributed by atoms with van der Waals surface area (Å²) in [5, 5.41) is 0. The van der Waals surface area contributed by atoms with Gasteiger partial charge in [-0.25, -0.2) is 4.39 Å². The Morgan fingerprint density at radius 3 is 2.79 bits per heavy atom. The van der Waals surface area contributed by atoms with Gasteiger partial charge in [0.25, 0.3) is 0 Å². The average Bonchev–Trinajstić information content (AvgIpc) is 2.86. The maximum absolute atomic E-state index is 13.4. The number of hydrogen-bond acceptors (Lipinski definition) is 3. The van der Waals surface area contributed by atoms with Gasteiger partial charge in [-0.05, 0) is 18.2 Å². The van der Waals surface area contributed by atoms with E-state index < -0.39 is 0 Å². The summed E-state index contributed by atoms with van der Waals surface area (Å²) >= 11 is 1.56. The van der Waals surface area contributed by atoms with E-state index in [1.165, 1.54) is 6.07 Å². The zero-order valence-electron chi connectivity index (χ0n) is 10.4. The summed E-state index contributed by atoms with van der Waals surface area (Å²) in [4.78, 5) is 2.03. The highest BCUT2D eigenvalue weighted by Crippen LogP contribution is 2.17. The van der Waals surface area contributed by atoms with Crippen molar-refractivity contribution in [2.75, 3.05) is 6.54 Å². The maximum Gasteiger partial charge on any atom is 0.128 e. The maximum atomic E-state index is 13.4. The van der Waals surface area contributed by atoms with Gasteiger partial charge >= 0.3 is 0 Å². The van der Waals surface area contributed by atoms with Crippen LogP contribution in [0.4, 0.5) is 4.39 Å². The molecule has 0 fully saturated rings. The highest BCUT2D eigenvalue weighted by molar-refractivity contribution is 7.12. The van der Waals surface area contributed by atoms with Gasteiger partial charge in [-0.1, -0.05) is 30.0 Å². The normalized spacial score (nSPS) is 10.0. The number of nitrogens with two attached hydrogens (primary N) is 1. The molecular formula is C15H14FNOS. The van der Waals surface area contributed by atoms with E-state index in [0.29, 0.717) is 18.7 Å². The molecule has 2 nitrogen and oxygen atoms in total. The molecule has 0 aliphatic heterocycles. The van der Waals surface area contributed by atoms with Crippen LogP contribution in [0.5, 0.6) is 0 Å². The van der Waals surface area contributed by atoms with Gasteiger partial charge in [-0.2, -0.15) is 0 Å².